The molecule has 2 N–H and O–H groups in total. The van der Waals surface area contributed by atoms with Gasteiger partial charge in [-0.1, -0.05) is 0 Å². The highest BCUT2D eigenvalue weighted by molar-refractivity contribution is 6.06. The van der Waals surface area contributed by atoms with E-state index < -0.39 is 11.5 Å². The molecule has 2 aromatic heterocycles. The molecule has 6 rings (SSSR count). The molecule has 1 saturated carbocycles. The van der Waals surface area contributed by atoms with Gasteiger partial charge in [-0.05, 0) is 38.0 Å². The fourth-order valence-corrected chi connectivity index (χ4v) is 4.45. The number of carbonyl (C=O) groups is 1. The number of hydrogen-bond donors (Lipinski definition) is 2. The summed E-state index contributed by atoms with van der Waals surface area (Å²) in [6.45, 7) is 3.81. The molecule has 10 nitrogen and oxygen atoms in total. The lowest BCUT2D eigenvalue weighted by Crippen LogP contribution is -2.53. The van der Waals surface area contributed by atoms with E-state index in [0.717, 1.165) is 12.8 Å². The fraction of sp³-hybridized carbons (Fsp3) is 0.375. The average Bonchev–Trinajstić information content (AvgIpc) is 3.65. The molecule has 1 aromatic carbocycles. The van der Waals surface area contributed by atoms with Gasteiger partial charge in [0.05, 0.1) is 23.6 Å². The van der Waals surface area contributed by atoms with Gasteiger partial charge in [0.25, 0.3) is 5.91 Å². The minimum atomic E-state index is -0.516. The zero-order valence-corrected chi connectivity index (χ0v) is 19.1. The van der Waals surface area contributed by atoms with Crippen LogP contribution in [0, 0.1) is 5.82 Å². The molecule has 3 aliphatic rings. The van der Waals surface area contributed by atoms with Crippen LogP contribution in [0.3, 0.4) is 0 Å². The molecule has 2 aliphatic heterocycles. The molecule has 35 heavy (non-hydrogen) atoms. The van der Waals surface area contributed by atoms with Gasteiger partial charge in [-0.15, -0.1) is 0 Å². The SMILES string of the molecule is CCn1c2c3c(cc(CN4CC(Oc5ccc(C(=O)NC6CC6)nc5)C4)c(F)c3nc1=O)NC=N2. The van der Waals surface area contributed by atoms with Crippen LogP contribution in [0.1, 0.15) is 35.8 Å². The van der Waals surface area contributed by atoms with Gasteiger partial charge in [0.15, 0.2) is 5.82 Å². The standard InChI is InChI=1S/C24H24FN7O3/c1-2-32-22-19-18(27-12-28-22)7-13(20(25)21(19)30-24(32)34)9-31-10-16(11-31)35-15-5-6-17(26-8-15)23(33)29-14-3-4-14/h5-8,12,14,16H,2-4,9-11H2,1H3,(H,27,28)(H,29,33). The lowest BCUT2D eigenvalue weighted by atomic mass is 10.0. The molecular formula is C24H24FN7O3. The normalized spacial score (nSPS) is 17.2. The molecule has 0 spiro atoms. The second-order valence-electron chi connectivity index (χ2n) is 9.05. The van der Waals surface area contributed by atoms with Crippen LogP contribution in [0.5, 0.6) is 5.75 Å². The molecule has 3 aromatic rings. The van der Waals surface area contributed by atoms with Gasteiger partial charge in [-0.2, -0.15) is 4.98 Å². The number of aliphatic imine (C=N–C) groups is 1. The van der Waals surface area contributed by atoms with E-state index in [9.17, 15) is 9.59 Å². The molecule has 180 valence electrons. The Morgan fingerprint density at radius 3 is 2.86 bits per heavy atom. The summed E-state index contributed by atoms with van der Waals surface area (Å²) in [6.07, 6.45) is 5.05. The number of anilines is 1. The molecular weight excluding hydrogens is 453 g/mol. The first kappa shape index (κ1) is 21.7. The Balaban J connectivity index is 1.12. The van der Waals surface area contributed by atoms with E-state index in [-0.39, 0.29) is 23.6 Å². The number of nitrogens with one attached hydrogen (secondary N) is 2. The summed E-state index contributed by atoms with van der Waals surface area (Å²) in [6, 6.07) is 5.43. The highest BCUT2D eigenvalue weighted by Crippen LogP contribution is 2.36. The molecule has 1 aliphatic carbocycles. The number of nitrogens with zero attached hydrogens (tertiary/aromatic N) is 5. The number of rotatable bonds is 7. The molecule has 1 saturated heterocycles. The van der Waals surface area contributed by atoms with Crippen LogP contribution in [0.15, 0.2) is 34.2 Å². The molecule has 2 fully saturated rings. The van der Waals surface area contributed by atoms with Gasteiger partial charge in [-0.3, -0.25) is 14.3 Å². The Labute approximate surface area is 199 Å². The van der Waals surface area contributed by atoms with E-state index in [1.165, 1.54) is 10.9 Å². The Hall–Kier alpha value is -3.86. The van der Waals surface area contributed by atoms with Crippen LogP contribution in [0.2, 0.25) is 0 Å². The summed E-state index contributed by atoms with van der Waals surface area (Å²) < 4.78 is 22.7. The highest BCUT2D eigenvalue weighted by Gasteiger charge is 2.31. The van der Waals surface area contributed by atoms with Gasteiger partial charge in [0.1, 0.15) is 28.9 Å². The van der Waals surface area contributed by atoms with Crippen molar-refractivity contribution in [1.29, 1.82) is 0 Å². The van der Waals surface area contributed by atoms with Crippen molar-refractivity contribution in [1.82, 2.24) is 24.8 Å². The lowest BCUT2D eigenvalue weighted by Gasteiger charge is -2.39. The number of hydrogen-bond acceptors (Lipinski definition) is 8. The molecule has 0 unspecified atom stereocenters. The van der Waals surface area contributed by atoms with Crippen molar-refractivity contribution < 1.29 is 13.9 Å². The summed E-state index contributed by atoms with van der Waals surface area (Å²) in [5, 5.41) is 6.47. The first-order chi connectivity index (χ1) is 17.0. The summed E-state index contributed by atoms with van der Waals surface area (Å²) in [4.78, 5) is 39.0. The predicted octanol–water partition coefficient (Wildman–Crippen LogP) is 2.19. The first-order valence-electron chi connectivity index (χ1n) is 11.7. The van der Waals surface area contributed by atoms with E-state index in [1.807, 2.05) is 6.92 Å². The number of benzene rings is 1. The Bertz CT molecular complexity index is 1410. The van der Waals surface area contributed by atoms with Crippen molar-refractivity contribution >= 4 is 34.7 Å². The van der Waals surface area contributed by atoms with E-state index in [1.54, 1.807) is 24.4 Å². The Morgan fingerprint density at radius 2 is 2.14 bits per heavy atom. The smallest absolute Gasteiger partial charge is 0.349 e. The number of likely N-dealkylation sites (tertiary alicyclic amines) is 1. The number of amides is 1. The van der Waals surface area contributed by atoms with E-state index >= 15 is 4.39 Å². The monoisotopic (exact) mass is 477 g/mol. The van der Waals surface area contributed by atoms with Crippen molar-refractivity contribution in [2.75, 3.05) is 18.4 Å². The van der Waals surface area contributed by atoms with Crippen LogP contribution < -0.4 is 21.1 Å². The van der Waals surface area contributed by atoms with Gasteiger partial charge in [0.2, 0.25) is 0 Å². The minimum Gasteiger partial charge on any atom is -0.486 e. The van der Waals surface area contributed by atoms with Gasteiger partial charge in [0, 0.05) is 37.8 Å². The van der Waals surface area contributed by atoms with Crippen LogP contribution in [-0.2, 0) is 13.1 Å². The van der Waals surface area contributed by atoms with Crippen LogP contribution in [-0.4, -0.2) is 56.9 Å². The summed E-state index contributed by atoms with van der Waals surface area (Å²) >= 11 is 0. The Morgan fingerprint density at radius 1 is 1.31 bits per heavy atom. The number of ether oxygens (including phenoxy) is 1. The minimum absolute atomic E-state index is 0.0387. The number of pyridine rings is 1. The van der Waals surface area contributed by atoms with Crippen molar-refractivity contribution in [3.8, 4) is 5.75 Å². The summed E-state index contributed by atoms with van der Waals surface area (Å²) in [7, 11) is 0. The zero-order valence-electron chi connectivity index (χ0n) is 19.1. The number of carbonyl (C=O) groups excluding carboxylic acids is 1. The molecule has 4 heterocycles. The fourth-order valence-electron chi connectivity index (χ4n) is 4.45. The molecule has 0 bridgehead atoms. The molecule has 11 heteroatoms. The van der Waals surface area contributed by atoms with Crippen molar-refractivity contribution in [2.24, 2.45) is 4.99 Å². The van der Waals surface area contributed by atoms with Gasteiger partial charge < -0.3 is 15.4 Å². The van der Waals surface area contributed by atoms with Crippen molar-refractivity contribution in [2.45, 2.75) is 45.0 Å². The second-order valence-corrected chi connectivity index (χ2v) is 9.05. The maximum Gasteiger partial charge on any atom is 0.349 e. The van der Waals surface area contributed by atoms with Crippen molar-refractivity contribution in [3.63, 3.8) is 0 Å². The lowest BCUT2D eigenvalue weighted by molar-refractivity contribution is 0.0138. The molecule has 1 amide bonds. The predicted molar refractivity (Wildman–Crippen MR) is 128 cm³/mol. The van der Waals surface area contributed by atoms with E-state index in [0.29, 0.717) is 60.1 Å². The van der Waals surface area contributed by atoms with Crippen LogP contribution in [0.25, 0.3) is 10.9 Å². The molecule has 0 atom stereocenters. The highest BCUT2D eigenvalue weighted by atomic mass is 19.1. The maximum atomic E-state index is 15.4. The first-order valence-corrected chi connectivity index (χ1v) is 11.7. The van der Waals surface area contributed by atoms with Gasteiger partial charge >= 0.3 is 5.69 Å². The van der Waals surface area contributed by atoms with Crippen molar-refractivity contribution in [3.05, 3.63) is 52.0 Å². The molecule has 0 radical (unpaired) electrons. The third kappa shape index (κ3) is 4.01. The van der Waals surface area contributed by atoms with Crippen LogP contribution in [0.4, 0.5) is 15.9 Å². The zero-order chi connectivity index (χ0) is 24.1. The number of halogens is 1. The topological polar surface area (TPSA) is 114 Å². The Kier molecular flexibility index (Phi) is 5.21. The number of aromatic nitrogens is 3. The van der Waals surface area contributed by atoms with E-state index in [4.69, 9.17) is 4.74 Å². The third-order valence-corrected chi connectivity index (χ3v) is 6.46. The maximum absolute atomic E-state index is 15.4. The summed E-state index contributed by atoms with van der Waals surface area (Å²) in [5.74, 6) is 0.342. The van der Waals surface area contributed by atoms with Crippen LogP contribution >= 0.6 is 0 Å². The van der Waals surface area contributed by atoms with Gasteiger partial charge in [-0.25, -0.2) is 19.2 Å². The largest absolute Gasteiger partial charge is 0.486 e. The second kappa shape index (κ2) is 8.42. The quantitative estimate of drug-likeness (QED) is 0.536. The summed E-state index contributed by atoms with van der Waals surface area (Å²) in [5.41, 5.74) is 1.03. The average molecular weight is 478 g/mol. The third-order valence-electron chi connectivity index (χ3n) is 6.46. The van der Waals surface area contributed by atoms with E-state index in [2.05, 4.69) is 30.5 Å².